The van der Waals surface area contributed by atoms with Gasteiger partial charge in [0.2, 0.25) is 0 Å². The lowest BCUT2D eigenvalue weighted by atomic mass is 10.1. The summed E-state index contributed by atoms with van der Waals surface area (Å²) in [6, 6.07) is 9.40. The van der Waals surface area contributed by atoms with E-state index in [9.17, 15) is 4.79 Å². The summed E-state index contributed by atoms with van der Waals surface area (Å²) in [6.45, 7) is 0.0136. The molecule has 1 aromatic heterocycles. The Balaban J connectivity index is 2.23. The Morgan fingerprint density at radius 3 is 2.85 bits per heavy atom. The summed E-state index contributed by atoms with van der Waals surface area (Å²) in [5.41, 5.74) is 1.69. The SMILES string of the molecule is COCC(=O)Nc1cc(-c2cccc(OC)c2)nn1C. The van der Waals surface area contributed by atoms with Crippen LogP contribution in [-0.2, 0) is 16.6 Å². The number of amides is 1. The first-order chi connectivity index (χ1) is 9.63. The number of methoxy groups -OCH3 is 2. The van der Waals surface area contributed by atoms with Gasteiger partial charge in [-0.15, -0.1) is 0 Å². The third-order valence-electron chi connectivity index (χ3n) is 2.79. The van der Waals surface area contributed by atoms with Crippen LogP contribution in [0.15, 0.2) is 30.3 Å². The fraction of sp³-hybridized carbons (Fsp3) is 0.286. The van der Waals surface area contributed by atoms with Crippen LogP contribution in [0.5, 0.6) is 5.75 Å². The number of ether oxygens (including phenoxy) is 2. The van der Waals surface area contributed by atoms with E-state index in [2.05, 4.69) is 10.4 Å². The largest absolute Gasteiger partial charge is 0.497 e. The Morgan fingerprint density at radius 1 is 1.35 bits per heavy atom. The molecule has 1 heterocycles. The van der Waals surface area contributed by atoms with Crippen LogP contribution in [0.1, 0.15) is 0 Å². The molecule has 0 aliphatic heterocycles. The van der Waals surface area contributed by atoms with Gasteiger partial charge in [-0.25, -0.2) is 0 Å². The molecule has 1 amide bonds. The second-order valence-electron chi connectivity index (χ2n) is 4.25. The summed E-state index contributed by atoms with van der Waals surface area (Å²) in [6.07, 6.45) is 0. The fourth-order valence-corrected chi connectivity index (χ4v) is 1.82. The highest BCUT2D eigenvalue weighted by Gasteiger charge is 2.10. The van der Waals surface area contributed by atoms with E-state index in [0.29, 0.717) is 5.82 Å². The van der Waals surface area contributed by atoms with Crippen LogP contribution in [0.25, 0.3) is 11.3 Å². The Kier molecular flexibility index (Phi) is 4.37. The Hall–Kier alpha value is -2.34. The predicted octanol–water partition coefficient (Wildman–Crippen LogP) is 1.68. The number of carbonyl (C=O) groups excluding carboxylic acids is 1. The van der Waals surface area contributed by atoms with Gasteiger partial charge in [-0.2, -0.15) is 5.10 Å². The zero-order chi connectivity index (χ0) is 14.5. The second kappa shape index (κ2) is 6.21. The molecule has 0 unspecified atom stereocenters. The predicted molar refractivity (Wildman–Crippen MR) is 75.7 cm³/mol. The zero-order valence-electron chi connectivity index (χ0n) is 11.7. The van der Waals surface area contributed by atoms with Crippen LogP contribution >= 0.6 is 0 Å². The van der Waals surface area contributed by atoms with Crippen LogP contribution in [-0.4, -0.2) is 36.5 Å². The number of rotatable bonds is 5. The number of anilines is 1. The molecule has 0 spiro atoms. The van der Waals surface area contributed by atoms with Crippen LogP contribution in [0.4, 0.5) is 5.82 Å². The van der Waals surface area contributed by atoms with Crippen molar-refractivity contribution in [1.29, 1.82) is 0 Å². The number of aromatic nitrogens is 2. The molecule has 0 saturated heterocycles. The molecule has 6 heteroatoms. The average molecular weight is 275 g/mol. The van der Waals surface area contributed by atoms with Crippen molar-refractivity contribution in [1.82, 2.24) is 9.78 Å². The lowest BCUT2D eigenvalue weighted by molar-refractivity contribution is -0.119. The van der Waals surface area contributed by atoms with E-state index in [1.807, 2.05) is 30.3 Å². The number of hydrogen-bond acceptors (Lipinski definition) is 4. The van der Waals surface area contributed by atoms with Crippen LogP contribution < -0.4 is 10.1 Å². The summed E-state index contributed by atoms with van der Waals surface area (Å²) in [5.74, 6) is 1.16. The number of aryl methyl sites for hydroxylation is 1. The summed E-state index contributed by atoms with van der Waals surface area (Å²) in [7, 11) is 4.87. The van der Waals surface area contributed by atoms with Crippen molar-refractivity contribution in [2.45, 2.75) is 0 Å². The van der Waals surface area contributed by atoms with Crippen molar-refractivity contribution in [2.75, 3.05) is 26.1 Å². The molecule has 0 fully saturated rings. The van der Waals surface area contributed by atoms with Crippen molar-refractivity contribution in [3.63, 3.8) is 0 Å². The number of hydrogen-bond donors (Lipinski definition) is 1. The van der Waals surface area contributed by atoms with E-state index >= 15 is 0 Å². The molecule has 0 aliphatic carbocycles. The fourth-order valence-electron chi connectivity index (χ4n) is 1.82. The minimum Gasteiger partial charge on any atom is -0.497 e. The highest BCUT2D eigenvalue weighted by Crippen LogP contribution is 2.24. The lowest BCUT2D eigenvalue weighted by Gasteiger charge is -2.03. The zero-order valence-corrected chi connectivity index (χ0v) is 11.7. The maximum atomic E-state index is 11.5. The second-order valence-corrected chi connectivity index (χ2v) is 4.25. The minimum atomic E-state index is -0.215. The first kappa shape index (κ1) is 14.1. The maximum Gasteiger partial charge on any atom is 0.251 e. The van der Waals surface area contributed by atoms with E-state index in [1.165, 1.54) is 7.11 Å². The standard InChI is InChI=1S/C14H17N3O3/c1-17-13(15-14(18)9-19-2)8-12(16-17)10-5-4-6-11(7-10)20-3/h4-8H,9H2,1-3H3,(H,15,18). The van der Waals surface area contributed by atoms with Gasteiger partial charge in [-0.05, 0) is 12.1 Å². The van der Waals surface area contributed by atoms with Crippen LogP contribution in [0.2, 0.25) is 0 Å². The van der Waals surface area contributed by atoms with Crippen molar-refractivity contribution in [3.8, 4) is 17.0 Å². The molecule has 2 aromatic rings. The van der Waals surface area contributed by atoms with E-state index in [1.54, 1.807) is 18.8 Å². The molecule has 2 rings (SSSR count). The van der Waals surface area contributed by atoms with Gasteiger partial charge in [0.15, 0.2) is 0 Å². The van der Waals surface area contributed by atoms with E-state index in [0.717, 1.165) is 17.0 Å². The normalized spacial score (nSPS) is 10.3. The smallest absolute Gasteiger partial charge is 0.251 e. The van der Waals surface area contributed by atoms with Crippen molar-refractivity contribution >= 4 is 11.7 Å². The quantitative estimate of drug-likeness (QED) is 0.901. The Labute approximate surface area is 117 Å². The average Bonchev–Trinajstić information content (AvgIpc) is 2.80. The van der Waals surface area contributed by atoms with Gasteiger partial charge < -0.3 is 14.8 Å². The van der Waals surface area contributed by atoms with E-state index in [-0.39, 0.29) is 12.5 Å². The molecule has 0 radical (unpaired) electrons. The number of nitrogens with one attached hydrogen (secondary N) is 1. The molecule has 0 aliphatic rings. The van der Waals surface area contributed by atoms with Gasteiger partial charge >= 0.3 is 0 Å². The van der Waals surface area contributed by atoms with Gasteiger partial charge in [-0.3, -0.25) is 9.48 Å². The van der Waals surface area contributed by atoms with E-state index in [4.69, 9.17) is 9.47 Å². The molecule has 0 atom stereocenters. The first-order valence-corrected chi connectivity index (χ1v) is 6.11. The maximum absolute atomic E-state index is 11.5. The van der Waals surface area contributed by atoms with Crippen molar-refractivity contribution in [3.05, 3.63) is 30.3 Å². The van der Waals surface area contributed by atoms with Crippen molar-refractivity contribution in [2.24, 2.45) is 7.05 Å². The summed E-state index contributed by atoms with van der Waals surface area (Å²) in [4.78, 5) is 11.5. The summed E-state index contributed by atoms with van der Waals surface area (Å²) < 4.78 is 11.6. The van der Waals surface area contributed by atoms with Gasteiger partial charge in [0.1, 0.15) is 18.2 Å². The first-order valence-electron chi connectivity index (χ1n) is 6.11. The van der Waals surface area contributed by atoms with Gasteiger partial charge in [0, 0.05) is 25.8 Å². The summed E-state index contributed by atoms with van der Waals surface area (Å²) in [5, 5.41) is 7.11. The van der Waals surface area contributed by atoms with Gasteiger partial charge in [0.05, 0.1) is 12.8 Å². The highest BCUT2D eigenvalue weighted by atomic mass is 16.5. The van der Waals surface area contributed by atoms with E-state index < -0.39 is 0 Å². The number of carbonyl (C=O) groups is 1. The lowest BCUT2D eigenvalue weighted by Crippen LogP contribution is -2.18. The monoisotopic (exact) mass is 275 g/mol. The van der Waals surface area contributed by atoms with Gasteiger partial charge in [0.25, 0.3) is 5.91 Å². The molecule has 20 heavy (non-hydrogen) atoms. The van der Waals surface area contributed by atoms with Crippen LogP contribution in [0.3, 0.4) is 0 Å². The molecule has 1 N–H and O–H groups in total. The molecular formula is C14H17N3O3. The number of benzene rings is 1. The number of nitrogens with zero attached hydrogens (tertiary/aromatic N) is 2. The Morgan fingerprint density at radius 2 is 2.15 bits per heavy atom. The minimum absolute atomic E-state index is 0.0136. The molecule has 0 saturated carbocycles. The molecular weight excluding hydrogens is 258 g/mol. The summed E-state index contributed by atoms with van der Waals surface area (Å²) >= 11 is 0. The topological polar surface area (TPSA) is 65.4 Å². The Bertz CT molecular complexity index is 607. The van der Waals surface area contributed by atoms with Crippen molar-refractivity contribution < 1.29 is 14.3 Å². The molecule has 0 bridgehead atoms. The molecule has 6 nitrogen and oxygen atoms in total. The van der Waals surface area contributed by atoms with Crippen LogP contribution in [0, 0.1) is 0 Å². The third kappa shape index (κ3) is 3.16. The highest BCUT2D eigenvalue weighted by molar-refractivity contribution is 5.91. The van der Waals surface area contributed by atoms with Gasteiger partial charge in [-0.1, -0.05) is 12.1 Å². The third-order valence-corrected chi connectivity index (χ3v) is 2.79. The molecule has 106 valence electrons. The molecule has 1 aromatic carbocycles.